The Morgan fingerprint density at radius 1 is 1.08 bits per heavy atom. The van der Waals surface area contributed by atoms with Crippen LogP contribution in [-0.2, 0) is 9.47 Å². The van der Waals surface area contributed by atoms with Crippen molar-refractivity contribution < 1.29 is 9.47 Å². The van der Waals surface area contributed by atoms with E-state index in [0.717, 1.165) is 0 Å². The number of hydrogen-bond donors (Lipinski definition) is 1. The standard InChI is InChI=1S/C8H19NO2.ClH/c1-6(2)7(9-3)8(10-4)11-5;/h6-9H,1-5H3;1H/t7-;/m0./s1. The molecule has 0 aromatic rings. The second-order valence-electron chi connectivity index (χ2n) is 2.90. The first kappa shape index (κ1) is 14.7. The summed E-state index contributed by atoms with van der Waals surface area (Å²) in [5, 5.41) is 3.15. The highest BCUT2D eigenvalue weighted by atomic mass is 35.5. The van der Waals surface area contributed by atoms with Gasteiger partial charge < -0.3 is 14.8 Å². The number of nitrogens with one attached hydrogen (secondary N) is 1. The van der Waals surface area contributed by atoms with Crippen LogP contribution < -0.4 is 5.32 Å². The molecular formula is C8H20ClNO2. The van der Waals surface area contributed by atoms with Crippen molar-refractivity contribution in [1.82, 2.24) is 5.32 Å². The first-order valence-electron chi connectivity index (χ1n) is 3.90. The average molecular weight is 198 g/mol. The van der Waals surface area contributed by atoms with E-state index in [1.807, 2.05) is 7.05 Å². The summed E-state index contributed by atoms with van der Waals surface area (Å²) >= 11 is 0. The summed E-state index contributed by atoms with van der Waals surface area (Å²) in [5.41, 5.74) is 0. The van der Waals surface area contributed by atoms with Crippen molar-refractivity contribution in [2.45, 2.75) is 26.2 Å². The SMILES string of the molecule is CN[C@@H](C(C)C)C(OC)OC.Cl. The normalized spacial score (nSPS) is 13.2. The van der Waals surface area contributed by atoms with E-state index in [1.54, 1.807) is 14.2 Å². The van der Waals surface area contributed by atoms with Crippen LogP contribution in [0.3, 0.4) is 0 Å². The molecule has 0 bridgehead atoms. The number of rotatable bonds is 5. The maximum absolute atomic E-state index is 5.13. The van der Waals surface area contributed by atoms with Gasteiger partial charge in [0, 0.05) is 14.2 Å². The first-order chi connectivity index (χ1) is 5.17. The molecule has 0 saturated carbocycles. The van der Waals surface area contributed by atoms with E-state index in [4.69, 9.17) is 9.47 Å². The van der Waals surface area contributed by atoms with Gasteiger partial charge in [-0.05, 0) is 13.0 Å². The molecule has 4 heteroatoms. The molecule has 3 nitrogen and oxygen atoms in total. The smallest absolute Gasteiger partial charge is 0.172 e. The van der Waals surface area contributed by atoms with Gasteiger partial charge in [-0.2, -0.15) is 0 Å². The van der Waals surface area contributed by atoms with E-state index < -0.39 is 0 Å². The monoisotopic (exact) mass is 197 g/mol. The maximum Gasteiger partial charge on any atom is 0.172 e. The van der Waals surface area contributed by atoms with E-state index in [0.29, 0.717) is 5.92 Å². The molecule has 0 rings (SSSR count). The Morgan fingerprint density at radius 3 is 1.58 bits per heavy atom. The minimum Gasteiger partial charge on any atom is -0.354 e. The number of hydrogen-bond acceptors (Lipinski definition) is 3. The van der Waals surface area contributed by atoms with E-state index >= 15 is 0 Å². The van der Waals surface area contributed by atoms with Crippen LogP contribution >= 0.6 is 12.4 Å². The van der Waals surface area contributed by atoms with Crippen molar-refractivity contribution in [3.8, 4) is 0 Å². The van der Waals surface area contributed by atoms with Gasteiger partial charge in [-0.15, -0.1) is 12.4 Å². The zero-order chi connectivity index (χ0) is 8.85. The lowest BCUT2D eigenvalue weighted by molar-refractivity contribution is -0.129. The first-order valence-corrected chi connectivity index (χ1v) is 3.90. The van der Waals surface area contributed by atoms with Crippen LogP contribution in [-0.4, -0.2) is 33.6 Å². The predicted molar refractivity (Wildman–Crippen MR) is 52.7 cm³/mol. The second kappa shape index (κ2) is 7.80. The van der Waals surface area contributed by atoms with Gasteiger partial charge in [0.05, 0.1) is 6.04 Å². The Balaban J connectivity index is 0. The van der Waals surface area contributed by atoms with Crippen molar-refractivity contribution in [2.75, 3.05) is 21.3 Å². The summed E-state index contributed by atoms with van der Waals surface area (Å²) in [6, 6.07) is 0.255. The summed E-state index contributed by atoms with van der Waals surface area (Å²) in [5.74, 6) is 0.505. The van der Waals surface area contributed by atoms with Crippen LogP contribution in [0, 0.1) is 5.92 Å². The van der Waals surface area contributed by atoms with Crippen LogP contribution in [0.5, 0.6) is 0 Å². The molecule has 0 amide bonds. The van der Waals surface area contributed by atoms with Crippen molar-refractivity contribution in [1.29, 1.82) is 0 Å². The Kier molecular flexibility index (Phi) is 9.54. The molecule has 0 aromatic carbocycles. The second-order valence-corrected chi connectivity index (χ2v) is 2.90. The predicted octanol–water partition coefficient (Wildman–Crippen LogP) is 1.27. The van der Waals surface area contributed by atoms with Gasteiger partial charge in [0.25, 0.3) is 0 Å². The van der Waals surface area contributed by atoms with Crippen molar-refractivity contribution in [3.05, 3.63) is 0 Å². The van der Waals surface area contributed by atoms with Crippen LogP contribution in [0.4, 0.5) is 0 Å². The number of ether oxygens (including phenoxy) is 2. The minimum absolute atomic E-state index is 0. The fourth-order valence-electron chi connectivity index (χ4n) is 1.17. The summed E-state index contributed by atoms with van der Waals surface area (Å²) in [6.45, 7) is 4.26. The lowest BCUT2D eigenvalue weighted by atomic mass is 10.0. The molecule has 12 heavy (non-hydrogen) atoms. The van der Waals surface area contributed by atoms with Gasteiger partial charge in [0.15, 0.2) is 6.29 Å². The fraction of sp³-hybridized carbons (Fsp3) is 1.00. The quantitative estimate of drug-likeness (QED) is 0.674. The molecule has 0 aliphatic carbocycles. The zero-order valence-electron chi connectivity index (χ0n) is 8.46. The summed E-state index contributed by atoms with van der Waals surface area (Å²) in [4.78, 5) is 0. The topological polar surface area (TPSA) is 30.5 Å². The van der Waals surface area contributed by atoms with Gasteiger partial charge in [-0.25, -0.2) is 0 Å². The number of halogens is 1. The molecule has 0 saturated heterocycles. The molecule has 0 aromatic heterocycles. The molecule has 0 spiro atoms. The zero-order valence-corrected chi connectivity index (χ0v) is 9.27. The average Bonchev–Trinajstić information content (AvgIpc) is 1.99. The third-order valence-electron chi connectivity index (χ3n) is 1.81. The molecule has 0 aliphatic rings. The molecular weight excluding hydrogens is 178 g/mol. The van der Waals surface area contributed by atoms with Crippen LogP contribution in [0.15, 0.2) is 0 Å². The molecule has 0 heterocycles. The highest BCUT2D eigenvalue weighted by Crippen LogP contribution is 2.08. The van der Waals surface area contributed by atoms with Crippen molar-refractivity contribution in [3.63, 3.8) is 0 Å². The van der Waals surface area contributed by atoms with Crippen molar-refractivity contribution in [2.24, 2.45) is 5.92 Å². The fourth-order valence-corrected chi connectivity index (χ4v) is 1.17. The van der Waals surface area contributed by atoms with Gasteiger partial charge in [-0.1, -0.05) is 13.8 Å². The number of likely N-dealkylation sites (N-methyl/N-ethyl adjacent to an activating group) is 1. The van der Waals surface area contributed by atoms with E-state index in [9.17, 15) is 0 Å². The van der Waals surface area contributed by atoms with Gasteiger partial charge >= 0.3 is 0 Å². The van der Waals surface area contributed by atoms with E-state index in [-0.39, 0.29) is 24.7 Å². The summed E-state index contributed by atoms with van der Waals surface area (Å²) in [7, 11) is 5.22. The Morgan fingerprint density at radius 2 is 1.50 bits per heavy atom. The Labute approximate surface area is 81.2 Å². The van der Waals surface area contributed by atoms with Crippen LogP contribution in [0.1, 0.15) is 13.8 Å². The third kappa shape index (κ3) is 4.26. The van der Waals surface area contributed by atoms with Gasteiger partial charge in [0.1, 0.15) is 0 Å². The minimum atomic E-state index is -0.153. The molecule has 0 aliphatic heterocycles. The summed E-state index contributed by atoms with van der Waals surface area (Å²) in [6.07, 6.45) is -0.153. The van der Waals surface area contributed by atoms with Crippen molar-refractivity contribution >= 4 is 12.4 Å². The van der Waals surface area contributed by atoms with Gasteiger partial charge in [-0.3, -0.25) is 0 Å². The summed E-state index contributed by atoms with van der Waals surface area (Å²) < 4.78 is 10.3. The maximum atomic E-state index is 5.13. The molecule has 0 radical (unpaired) electrons. The van der Waals surface area contributed by atoms with E-state index in [2.05, 4.69) is 19.2 Å². The van der Waals surface area contributed by atoms with Gasteiger partial charge in [0.2, 0.25) is 0 Å². The third-order valence-corrected chi connectivity index (χ3v) is 1.81. The lowest BCUT2D eigenvalue weighted by Crippen LogP contribution is -2.43. The largest absolute Gasteiger partial charge is 0.354 e. The van der Waals surface area contributed by atoms with Crippen LogP contribution in [0.2, 0.25) is 0 Å². The molecule has 76 valence electrons. The Hall–Kier alpha value is 0.170. The lowest BCUT2D eigenvalue weighted by Gasteiger charge is -2.27. The molecule has 0 fully saturated rings. The van der Waals surface area contributed by atoms with E-state index in [1.165, 1.54) is 0 Å². The number of methoxy groups -OCH3 is 2. The Bertz CT molecular complexity index is 97.1. The van der Waals surface area contributed by atoms with Crippen LogP contribution in [0.25, 0.3) is 0 Å². The highest BCUT2D eigenvalue weighted by molar-refractivity contribution is 5.85. The molecule has 1 N–H and O–H groups in total. The molecule has 0 unspecified atom stereocenters. The molecule has 1 atom stereocenters. The highest BCUT2D eigenvalue weighted by Gasteiger charge is 2.21.